The van der Waals surface area contributed by atoms with Crippen molar-refractivity contribution in [1.29, 1.82) is 0 Å². The van der Waals surface area contributed by atoms with Gasteiger partial charge in [0, 0.05) is 43.6 Å². The van der Waals surface area contributed by atoms with E-state index in [-0.39, 0.29) is 17.5 Å². The van der Waals surface area contributed by atoms with Gasteiger partial charge >= 0.3 is 0 Å². The maximum atomic E-state index is 14.9. The summed E-state index contributed by atoms with van der Waals surface area (Å²) in [7, 11) is 0. The lowest BCUT2D eigenvalue weighted by Crippen LogP contribution is -2.63. The molecule has 12 nitrogen and oxygen atoms in total. The molecule has 5 N–H and O–H groups in total. The third-order valence-electron chi connectivity index (χ3n) is 7.01. The molecule has 5 rings (SSSR count). The number of hydrogen-bond donors (Lipinski definition) is 5. The Balaban J connectivity index is 1.39. The van der Waals surface area contributed by atoms with E-state index in [1.807, 2.05) is 5.32 Å². The average molecular weight is 531 g/mol. The van der Waals surface area contributed by atoms with Crippen molar-refractivity contribution in [1.82, 2.24) is 15.1 Å². The number of nitrogens with one attached hydrogen (secondary N) is 1. The van der Waals surface area contributed by atoms with Gasteiger partial charge in [-0.3, -0.25) is 29.5 Å². The van der Waals surface area contributed by atoms with Crippen LogP contribution in [0.4, 0.5) is 4.39 Å². The van der Waals surface area contributed by atoms with Gasteiger partial charge in [-0.25, -0.2) is 4.39 Å². The molecule has 2 aromatic carbocycles. The molecule has 3 heterocycles. The number of phenolic OH excluding ortho intramolecular Hbond substituents is 3. The molecule has 13 heteroatoms. The SMILES string of the molecule is O=C1CCC(O)(N2Cc3c(OCc4ccc(CN5CCOCC5)cc4F)c(O)c(O)c(O)c3C2=O)C(=O)N1. The van der Waals surface area contributed by atoms with Gasteiger partial charge in [0.05, 0.1) is 25.3 Å². The number of carbonyl (C=O) groups excluding carboxylic acids is 3. The summed E-state index contributed by atoms with van der Waals surface area (Å²) in [6.07, 6.45) is -0.636. The molecule has 3 amide bonds. The summed E-state index contributed by atoms with van der Waals surface area (Å²) in [5, 5.41) is 44.0. The topological polar surface area (TPSA) is 169 Å². The zero-order valence-electron chi connectivity index (χ0n) is 20.2. The predicted molar refractivity (Wildman–Crippen MR) is 125 cm³/mol. The van der Waals surface area contributed by atoms with Crippen LogP contribution in [0.1, 0.15) is 39.9 Å². The Morgan fingerprint density at radius 1 is 1.08 bits per heavy atom. The molecule has 0 aromatic heterocycles. The lowest BCUT2D eigenvalue weighted by Gasteiger charge is -2.37. The van der Waals surface area contributed by atoms with Gasteiger partial charge in [0.25, 0.3) is 11.8 Å². The van der Waals surface area contributed by atoms with E-state index in [0.717, 1.165) is 18.7 Å². The minimum atomic E-state index is -2.42. The van der Waals surface area contributed by atoms with E-state index in [1.165, 1.54) is 12.1 Å². The number of aliphatic hydroxyl groups is 1. The summed E-state index contributed by atoms with van der Waals surface area (Å²) in [4.78, 5) is 39.9. The largest absolute Gasteiger partial charge is 0.504 e. The van der Waals surface area contributed by atoms with E-state index in [9.17, 15) is 39.2 Å². The highest BCUT2D eigenvalue weighted by atomic mass is 19.1. The highest BCUT2D eigenvalue weighted by molar-refractivity contribution is 6.08. The molecule has 0 bridgehead atoms. The highest BCUT2D eigenvalue weighted by Crippen LogP contribution is 2.52. The fourth-order valence-electron chi connectivity index (χ4n) is 4.86. The number of halogens is 1. The minimum Gasteiger partial charge on any atom is -0.504 e. The van der Waals surface area contributed by atoms with Crippen LogP contribution in [0.25, 0.3) is 0 Å². The predicted octanol–water partition coefficient (Wildman–Crippen LogP) is 0.435. The molecular weight excluding hydrogens is 505 g/mol. The Kier molecular flexibility index (Phi) is 6.59. The first-order valence-electron chi connectivity index (χ1n) is 12.0. The number of amides is 3. The number of hydrogen-bond acceptors (Lipinski definition) is 10. The summed E-state index contributed by atoms with van der Waals surface area (Å²) >= 11 is 0. The minimum absolute atomic E-state index is 0.120. The van der Waals surface area contributed by atoms with Gasteiger partial charge in [-0.2, -0.15) is 0 Å². The number of nitrogens with zero attached hydrogens (tertiary/aromatic N) is 2. The van der Waals surface area contributed by atoms with E-state index >= 15 is 0 Å². The number of fused-ring (bicyclic) bond motifs is 1. The molecule has 0 aliphatic carbocycles. The van der Waals surface area contributed by atoms with Crippen molar-refractivity contribution in [3.8, 4) is 23.0 Å². The standard InChI is InChI=1S/C25H26FN3O9/c26-16-9-13(10-28-5-7-37-8-6-28)1-2-14(16)12-38-22-15-11-29(25(36)4-3-17(30)27-24(25)35)23(34)18(15)19(31)20(32)21(22)33/h1-2,9,31-33,36H,3-8,10-12H2,(H,27,30,35). The van der Waals surface area contributed by atoms with Crippen molar-refractivity contribution in [2.45, 2.75) is 38.3 Å². The van der Waals surface area contributed by atoms with Crippen molar-refractivity contribution >= 4 is 17.7 Å². The second-order valence-corrected chi connectivity index (χ2v) is 9.42. The smallest absolute Gasteiger partial charge is 0.279 e. The average Bonchev–Trinajstić information content (AvgIpc) is 3.24. The zero-order chi connectivity index (χ0) is 27.2. The van der Waals surface area contributed by atoms with Crippen LogP contribution in [0.2, 0.25) is 0 Å². The number of benzene rings is 2. The maximum absolute atomic E-state index is 14.9. The number of phenols is 3. The number of rotatable bonds is 6. The lowest BCUT2D eigenvalue weighted by molar-refractivity contribution is -0.168. The molecule has 1 atom stereocenters. The Morgan fingerprint density at radius 2 is 1.82 bits per heavy atom. The maximum Gasteiger partial charge on any atom is 0.279 e. The van der Waals surface area contributed by atoms with Gasteiger partial charge < -0.3 is 29.9 Å². The van der Waals surface area contributed by atoms with Crippen LogP contribution in [0, 0.1) is 5.82 Å². The molecule has 38 heavy (non-hydrogen) atoms. The van der Waals surface area contributed by atoms with Gasteiger partial charge in [-0.1, -0.05) is 12.1 Å². The van der Waals surface area contributed by atoms with E-state index in [1.54, 1.807) is 6.07 Å². The molecular formula is C25H26FN3O9. The number of piperidine rings is 1. The lowest BCUT2D eigenvalue weighted by atomic mass is 10.00. The molecule has 0 saturated carbocycles. The number of carbonyl (C=O) groups is 3. The molecule has 2 fully saturated rings. The molecule has 2 aromatic rings. The number of morpholine rings is 1. The first-order valence-corrected chi connectivity index (χ1v) is 12.0. The third-order valence-corrected chi connectivity index (χ3v) is 7.01. The Bertz CT molecular complexity index is 1330. The van der Waals surface area contributed by atoms with Gasteiger partial charge in [-0.15, -0.1) is 0 Å². The first-order chi connectivity index (χ1) is 18.1. The van der Waals surface area contributed by atoms with Crippen molar-refractivity contribution in [3.63, 3.8) is 0 Å². The fourth-order valence-corrected chi connectivity index (χ4v) is 4.86. The molecule has 3 aliphatic rings. The third kappa shape index (κ3) is 4.38. The summed E-state index contributed by atoms with van der Waals surface area (Å²) in [5.41, 5.74) is -2.15. The van der Waals surface area contributed by atoms with Crippen molar-refractivity contribution in [2.75, 3.05) is 26.3 Å². The van der Waals surface area contributed by atoms with Gasteiger partial charge in [-0.05, 0) is 11.6 Å². The second kappa shape index (κ2) is 9.74. The monoisotopic (exact) mass is 531 g/mol. The van der Waals surface area contributed by atoms with Crippen LogP contribution in [-0.2, 0) is 34.0 Å². The highest BCUT2D eigenvalue weighted by Gasteiger charge is 2.52. The molecule has 0 radical (unpaired) electrons. The number of aromatic hydroxyl groups is 3. The zero-order valence-corrected chi connectivity index (χ0v) is 20.2. The Labute approximate surface area is 215 Å². The van der Waals surface area contributed by atoms with Gasteiger partial charge in [0.2, 0.25) is 23.1 Å². The summed E-state index contributed by atoms with van der Waals surface area (Å²) in [6.45, 7) is 2.35. The van der Waals surface area contributed by atoms with Crippen molar-refractivity contribution < 1.29 is 48.7 Å². The molecule has 2 saturated heterocycles. The van der Waals surface area contributed by atoms with Gasteiger partial charge in [0.15, 0.2) is 11.5 Å². The van der Waals surface area contributed by atoms with E-state index in [2.05, 4.69) is 4.90 Å². The van der Waals surface area contributed by atoms with Crippen molar-refractivity contribution in [2.24, 2.45) is 0 Å². The fraction of sp³-hybridized carbons (Fsp3) is 0.400. The van der Waals surface area contributed by atoms with Crippen LogP contribution >= 0.6 is 0 Å². The van der Waals surface area contributed by atoms with Crippen LogP contribution in [0.15, 0.2) is 18.2 Å². The van der Waals surface area contributed by atoms with Crippen LogP contribution in [0.5, 0.6) is 23.0 Å². The quantitative estimate of drug-likeness (QED) is 0.260. The van der Waals surface area contributed by atoms with E-state index in [0.29, 0.717) is 24.7 Å². The van der Waals surface area contributed by atoms with Crippen LogP contribution in [-0.4, -0.2) is 80.0 Å². The molecule has 1 unspecified atom stereocenters. The summed E-state index contributed by atoms with van der Waals surface area (Å²) in [6, 6.07) is 4.63. The van der Waals surface area contributed by atoms with E-state index in [4.69, 9.17) is 9.47 Å². The van der Waals surface area contributed by atoms with Crippen molar-refractivity contribution in [3.05, 3.63) is 46.3 Å². The summed E-state index contributed by atoms with van der Waals surface area (Å²) < 4.78 is 25.8. The van der Waals surface area contributed by atoms with Crippen LogP contribution in [0.3, 0.4) is 0 Å². The molecule has 0 spiro atoms. The Hall–Kier alpha value is -3.94. The molecule has 3 aliphatic heterocycles. The Morgan fingerprint density at radius 3 is 2.50 bits per heavy atom. The van der Waals surface area contributed by atoms with Crippen LogP contribution < -0.4 is 10.1 Å². The first kappa shape index (κ1) is 25.7. The van der Waals surface area contributed by atoms with E-state index < -0.39 is 77.4 Å². The van der Waals surface area contributed by atoms with Gasteiger partial charge in [0.1, 0.15) is 12.4 Å². The number of ether oxygens (including phenoxy) is 2. The normalized spacial score (nSPS) is 21.9. The second-order valence-electron chi connectivity index (χ2n) is 9.42. The summed E-state index contributed by atoms with van der Waals surface area (Å²) in [5.74, 6) is -6.66. The number of imide groups is 1. The molecule has 202 valence electrons.